The van der Waals surface area contributed by atoms with E-state index in [1.165, 1.54) is 0 Å². The third kappa shape index (κ3) is 9.65. The first-order valence-electron chi connectivity index (χ1n) is 9.16. The Labute approximate surface area is 168 Å². The molecule has 9 heteroatoms. The number of hydroxylamine groups is 1. The molecular formula is C20H25N3O6. The average Bonchev–Trinajstić information content (AvgIpc) is 2.74. The molecule has 0 amide bonds. The first-order chi connectivity index (χ1) is 14.0. The molecule has 1 aromatic carbocycles. The Bertz CT molecular complexity index is 726. The molecule has 1 aromatic rings. The van der Waals surface area contributed by atoms with Gasteiger partial charge in [-0.15, -0.1) is 0 Å². The van der Waals surface area contributed by atoms with Gasteiger partial charge in [-0.3, -0.25) is 14.7 Å². The molecule has 2 aliphatic heterocycles. The molecule has 1 fully saturated rings. The number of aliphatic imine (C=N–C) groups is 1. The van der Waals surface area contributed by atoms with Crippen LogP contribution in [0.3, 0.4) is 0 Å². The van der Waals surface area contributed by atoms with Gasteiger partial charge in [-0.2, -0.15) is 0 Å². The van der Waals surface area contributed by atoms with Gasteiger partial charge in [0, 0.05) is 31.8 Å². The van der Waals surface area contributed by atoms with Gasteiger partial charge in [-0.1, -0.05) is 36.4 Å². The Hall–Kier alpha value is -3.01. The summed E-state index contributed by atoms with van der Waals surface area (Å²) >= 11 is 0. The molecule has 1 saturated heterocycles. The van der Waals surface area contributed by atoms with Crippen LogP contribution in [-0.4, -0.2) is 78.4 Å². The number of benzene rings is 1. The second-order valence-electron chi connectivity index (χ2n) is 6.23. The van der Waals surface area contributed by atoms with Crippen molar-refractivity contribution in [2.45, 2.75) is 6.10 Å². The Morgan fingerprint density at radius 2 is 1.76 bits per heavy atom. The van der Waals surface area contributed by atoms with Gasteiger partial charge in [-0.25, -0.2) is 15.1 Å². The molecule has 0 saturated carbocycles. The van der Waals surface area contributed by atoms with Gasteiger partial charge < -0.3 is 14.9 Å². The maximum absolute atomic E-state index is 9.55. The van der Waals surface area contributed by atoms with Crippen molar-refractivity contribution in [3.8, 4) is 0 Å². The first-order valence-corrected chi connectivity index (χ1v) is 9.16. The molecule has 0 aliphatic carbocycles. The number of rotatable bonds is 6. The molecule has 0 spiro atoms. The minimum atomic E-state index is -1.26. The highest BCUT2D eigenvalue weighted by atomic mass is 16.7. The van der Waals surface area contributed by atoms with Gasteiger partial charge in [0.15, 0.2) is 0 Å². The highest BCUT2D eigenvalue weighted by Gasteiger charge is 2.20. The molecule has 3 N–H and O–H groups in total. The van der Waals surface area contributed by atoms with Crippen molar-refractivity contribution in [1.29, 1.82) is 0 Å². The van der Waals surface area contributed by atoms with Crippen LogP contribution in [0.5, 0.6) is 0 Å². The number of carboxylic acids is 2. The largest absolute Gasteiger partial charge is 0.478 e. The topological polar surface area (TPSA) is 121 Å². The fraction of sp³-hybridized carbons (Fsp3) is 0.350. The molecule has 29 heavy (non-hydrogen) atoms. The summed E-state index contributed by atoms with van der Waals surface area (Å²) in [6.45, 7) is 5.17. The van der Waals surface area contributed by atoms with Gasteiger partial charge in [0.2, 0.25) is 0 Å². The number of carbonyl (C=O) groups is 2. The van der Waals surface area contributed by atoms with Crippen LogP contribution in [-0.2, 0) is 19.2 Å². The lowest BCUT2D eigenvalue weighted by Gasteiger charge is -2.31. The average molecular weight is 403 g/mol. The number of morpholine rings is 1. The fourth-order valence-electron chi connectivity index (χ4n) is 2.55. The SMILES string of the molecule is C(=C\c1ccccc1)/C1=NCC(CN2CCOCC2)ON1.O=C(O)/C=C\C(=O)O. The standard InChI is InChI=1S/C16H21N3O2.C4H4O4/c1-2-4-14(5-3-1)6-7-16-17-12-15(21-18-16)13-19-8-10-20-11-9-19;5-3(6)1-2-4(7)8/h1-7,15H,8-13H2,(H,17,18);1-2H,(H,5,6)(H,7,8)/b7-6+;2-1-. The lowest BCUT2D eigenvalue weighted by molar-refractivity contribution is -0.134. The monoisotopic (exact) mass is 403 g/mol. The molecule has 0 aromatic heterocycles. The van der Waals surface area contributed by atoms with Gasteiger partial charge >= 0.3 is 11.9 Å². The van der Waals surface area contributed by atoms with Gasteiger partial charge in [0.1, 0.15) is 11.9 Å². The summed E-state index contributed by atoms with van der Waals surface area (Å²) in [5.74, 6) is -1.74. The third-order valence-electron chi connectivity index (χ3n) is 3.96. The summed E-state index contributed by atoms with van der Waals surface area (Å²) in [5, 5.41) is 15.6. The quantitative estimate of drug-likeness (QED) is 0.603. The summed E-state index contributed by atoms with van der Waals surface area (Å²) in [5.41, 5.74) is 4.08. The molecule has 0 radical (unpaired) electrons. The van der Waals surface area contributed by atoms with Crippen LogP contribution in [0, 0.1) is 0 Å². The summed E-state index contributed by atoms with van der Waals surface area (Å²) in [6.07, 6.45) is 5.19. The molecule has 1 atom stereocenters. The van der Waals surface area contributed by atoms with Gasteiger partial charge in [0.05, 0.1) is 19.8 Å². The second-order valence-corrected chi connectivity index (χ2v) is 6.23. The molecular weight excluding hydrogens is 378 g/mol. The minimum absolute atomic E-state index is 0.108. The van der Waals surface area contributed by atoms with Crippen LogP contribution >= 0.6 is 0 Å². The van der Waals surface area contributed by atoms with E-state index in [4.69, 9.17) is 19.8 Å². The molecule has 2 aliphatic rings. The summed E-state index contributed by atoms with van der Waals surface area (Å²) in [7, 11) is 0. The Morgan fingerprint density at radius 3 is 2.31 bits per heavy atom. The number of hydrogen-bond acceptors (Lipinski definition) is 7. The van der Waals surface area contributed by atoms with E-state index in [9.17, 15) is 9.59 Å². The van der Waals surface area contributed by atoms with E-state index in [1.54, 1.807) is 0 Å². The number of aliphatic carboxylic acids is 2. The number of amidine groups is 1. The third-order valence-corrected chi connectivity index (χ3v) is 3.96. The van der Waals surface area contributed by atoms with Crippen molar-refractivity contribution < 1.29 is 29.4 Å². The van der Waals surface area contributed by atoms with Crippen molar-refractivity contribution >= 4 is 23.9 Å². The van der Waals surface area contributed by atoms with Crippen LogP contribution in [0.1, 0.15) is 5.56 Å². The van der Waals surface area contributed by atoms with Crippen LogP contribution < -0.4 is 5.48 Å². The molecule has 3 rings (SSSR count). The zero-order valence-corrected chi connectivity index (χ0v) is 15.9. The highest BCUT2D eigenvalue weighted by Crippen LogP contribution is 2.06. The maximum Gasteiger partial charge on any atom is 0.328 e. The number of hydrogen-bond donors (Lipinski definition) is 3. The van der Waals surface area contributed by atoms with E-state index in [2.05, 4.69) is 27.5 Å². The predicted octanol–water partition coefficient (Wildman–Crippen LogP) is 1.05. The molecule has 156 valence electrons. The predicted molar refractivity (Wildman–Crippen MR) is 107 cm³/mol. The van der Waals surface area contributed by atoms with Crippen molar-refractivity contribution in [2.75, 3.05) is 39.4 Å². The van der Waals surface area contributed by atoms with Crippen molar-refractivity contribution in [1.82, 2.24) is 10.4 Å². The van der Waals surface area contributed by atoms with E-state index >= 15 is 0 Å². The van der Waals surface area contributed by atoms with E-state index in [0.717, 1.165) is 44.2 Å². The fourth-order valence-corrected chi connectivity index (χ4v) is 2.55. The van der Waals surface area contributed by atoms with Gasteiger partial charge in [-0.05, 0) is 11.6 Å². The van der Waals surface area contributed by atoms with Crippen molar-refractivity contribution in [2.24, 2.45) is 4.99 Å². The van der Waals surface area contributed by atoms with Crippen molar-refractivity contribution in [3.05, 3.63) is 54.1 Å². The zero-order chi connectivity index (χ0) is 20.9. The maximum atomic E-state index is 9.55. The van der Waals surface area contributed by atoms with E-state index in [1.807, 2.05) is 30.4 Å². The molecule has 2 heterocycles. The molecule has 1 unspecified atom stereocenters. The normalized spacial score (nSPS) is 19.9. The zero-order valence-electron chi connectivity index (χ0n) is 15.9. The minimum Gasteiger partial charge on any atom is -0.478 e. The van der Waals surface area contributed by atoms with Crippen LogP contribution in [0.2, 0.25) is 0 Å². The number of nitrogens with zero attached hydrogens (tertiary/aromatic N) is 2. The lowest BCUT2D eigenvalue weighted by Crippen LogP contribution is -2.46. The molecule has 0 bridgehead atoms. The van der Waals surface area contributed by atoms with E-state index < -0.39 is 11.9 Å². The van der Waals surface area contributed by atoms with Crippen LogP contribution in [0.4, 0.5) is 0 Å². The lowest BCUT2D eigenvalue weighted by atomic mass is 10.2. The Morgan fingerprint density at radius 1 is 1.10 bits per heavy atom. The van der Waals surface area contributed by atoms with Crippen LogP contribution in [0.15, 0.2) is 53.6 Å². The van der Waals surface area contributed by atoms with Gasteiger partial charge in [0.25, 0.3) is 0 Å². The van der Waals surface area contributed by atoms with E-state index in [0.29, 0.717) is 18.7 Å². The highest BCUT2D eigenvalue weighted by molar-refractivity contribution is 5.96. The number of carboxylic acid groups (broad SMARTS) is 2. The Balaban J connectivity index is 0.000000321. The van der Waals surface area contributed by atoms with Crippen molar-refractivity contribution in [3.63, 3.8) is 0 Å². The smallest absolute Gasteiger partial charge is 0.328 e. The summed E-state index contributed by atoms with van der Waals surface area (Å²) in [6, 6.07) is 10.2. The molecule has 9 nitrogen and oxygen atoms in total. The number of nitrogens with one attached hydrogen (secondary N) is 1. The second kappa shape index (κ2) is 12.4. The Kier molecular flexibility index (Phi) is 9.56. The van der Waals surface area contributed by atoms with Crippen LogP contribution in [0.25, 0.3) is 6.08 Å². The first kappa shape index (κ1) is 22.3. The number of ether oxygens (including phenoxy) is 1. The summed E-state index contributed by atoms with van der Waals surface area (Å²) in [4.78, 5) is 31.7. The summed E-state index contributed by atoms with van der Waals surface area (Å²) < 4.78 is 5.35. The van der Waals surface area contributed by atoms with E-state index in [-0.39, 0.29) is 6.10 Å².